The molecule has 0 unspecified atom stereocenters. The van der Waals surface area contributed by atoms with E-state index in [0.717, 1.165) is 0 Å². The number of rotatable bonds is 2. The minimum absolute atomic E-state index is 0.222. The van der Waals surface area contributed by atoms with E-state index in [1.807, 2.05) is 0 Å². The zero-order valence-corrected chi connectivity index (χ0v) is 9.19. The number of carbonyl (C=O) groups is 1. The third-order valence-electron chi connectivity index (χ3n) is 1.70. The number of anilines is 2. The molecule has 0 aromatic heterocycles. The molecule has 0 fully saturated rings. The Kier molecular flexibility index (Phi) is 4.06. The molecule has 0 atom stereocenters. The molecule has 0 aliphatic carbocycles. The predicted octanol–water partition coefficient (Wildman–Crippen LogP) is 2.61. The van der Waals surface area contributed by atoms with Gasteiger partial charge in [0, 0.05) is 5.69 Å². The Morgan fingerprint density at radius 3 is 2.59 bits per heavy atom. The first-order valence-electron chi connectivity index (χ1n) is 4.44. The lowest BCUT2D eigenvalue weighted by Crippen LogP contribution is -2.36. The van der Waals surface area contributed by atoms with E-state index >= 15 is 0 Å². The molecule has 4 N–H and O–H groups in total. The van der Waals surface area contributed by atoms with E-state index in [4.69, 9.17) is 17.3 Å². The van der Waals surface area contributed by atoms with E-state index in [1.165, 1.54) is 18.2 Å². The van der Waals surface area contributed by atoms with Crippen molar-refractivity contribution in [3.8, 4) is 0 Å². The van der Waals surface area contributed by atoms with Gasteiger partial charge in [0.2, 0.25) is 0 Å². The Labute approximate surface area is 99.9 Å². The third-order valence-corrected chi connectivity index (χ3v) is 2.05. The maximum absolute atomic E-state index is 11.8. The summed E-state index contributed by atoms with van der Waals surface area (Å²) in [5.41, 5.74) is 5.93. The van der Waals surface area contributed by atoms with E-state index in [0.29, 0.717) is 5.02 Å². The number of hydrogen-bond acceptors (Lipinski definition) is 2. The second-order valence-electron chi connectivity index (χ2n) is 3.16. The van der Waals surface area contributed by atoms with Crippen molar-refractivity contribution in [1.29, 1.82) is 0 Å². The van der Waals surface area contributed by atoms with Gasteiger partial charge in [0.1, 0.15) is 6.54 Å². The van der Waals surface area contributed by atoms with Crippen LogP contribution < -0.4 is 16.4 Å². The largest absolute Gasteiger partial charge is 0.405 e. The molecule has 0 radical (unpaired) electrons. The smallest absolute Gasteiger partial charge is 0.397 e. The summed E-state index contributed by atoms with van der Waals surface area (Å²) in [4.78, 5) is 11.1. The van der Waals surface area contributed by atoms with Crippen LogP contribution in [0.4, 0.5) is 29.3 Å². The summed E-state index contributed by atoms with van der Waals surface area (Å²) < 4.78 is 35.4. The summed E-state index contributed by atoms with van der Waals surface area (Å²) in [6.45, 7) is -1.40. The van der Waals surface area contributed by atoms with Crippen molar-refractivity contribution < 1.29 is 18.0 Å². The first-order valence-corrected chi connectivity index (χ1v) is 4.82. The Balaban J connectivity index is 2.54. The zero-order valence-electron chi connectivity index (χ0n) is 8.44. The SMILES string of the molecule is Nc1cc(NC(=O)NCC(F)(F)F)ccc1Cl. The summed E-state index contributed by atoms with van der Waals surface area (Å²) in [5.74, 6) is 0. The number of carbonyl (C=O) groups excluding carboxylic acids is 1. The second kappa shape index (κ2) is 5.13. The van der Waals surface area contributed by atoms with Gasteiger partial charge in [-0.15, -0.1) is 0 Å². The lowest BCUT2D eigenvalue weighted by molar-refractivity contribution is -0.122. The Bertz CT molecular complexity index is 422. The number of benzene rings is 1. The summed E-state index contributed by atoms with van der Waals surface area (Å²) in [6.07, 6.45) is -4.45. The molecular formula is C9H9ClF3N3O. The lowest BCUT2D eigenvalue weighted by Gasteiger charge is -2.10. The Hall–Kier alpha value is -1.63. The van der Waals surface area contributed by atoms with Gasteiger partial charge in [-0.1, -0.05) is 11.6 Å². The van der Waals surface area contributed by atoms with Crippen molar-refractivity contribution in [2.24, 2.45) is 0 Å². The number of alkyl halides is 3. The maximum atomic E-state index is 11.8. The topological polar surface area (TPSA) is 67.1 Å². The highest BCUT2D eigenvalue weighted by Gasteiger charge is 2.27. The van der Waals surface area contributed by atoms with Crippen LogP contribution in [0.5, 0.6) is 0 Å². The van der Waals surface area contributed by atoms with Gasteiger partial charge in [-0.05, 0) is 18.2 Å². The molecule has 0 heterocycles. The molecule has 1 aromatic carbocycles. The highest BCUT2D eigenvalue weighted by molar-refractivity contribution is 6.33. The van der Waals surface area contributed by atoms with Crippen molar-refractivity contribution in [3.63, 3.8) is 0 Å². The lowest BCUT2D eigenvalue weighted by atomic mass is 10.3. The van der Waals surface area contributed by atoms with Crippen LogP contribution in [0.15, 0.2) is 18.2 Å². The summed E-state index contributed by atoms with van der Waals surface area (Å²) in [5, 5.41) is 4.15. The molecule has 4 nitrogen and oxygen atoms in total. The standard InChI is InChI=1S/C9H9ClF3N3O/c10-6-2-1-5(3-7(6)14)16-8(17)15-4-9(11,12)13/h1-3H,4,14H2,(H2,15,16,17). The number of nitrogens with one attached hydrogen (secondary N) is 2. The molecule has 8 heteroatoms. The summed E-state index contributed by atoms with van der Waals surface area (Å²) in [7, 11) is 0. The molecule has 0 saturated carbocycles. The first-order chi connectivity index (χ1) is 7.78. The second-order valence-corrected chi connectivity index (χ2v) is 3.57. The molecule has 17 heavy (non-hydrogen) atoms. The molecule has 94 valence electrons. The van der Waals surface area contributed by atoms with Crippen molar-refractivity contribution in [1.82, 2.24) is 5.32 Å². The van der Waals surface area contributed by atoms with Crippen LogP contribution >= 0.6 is 11.6 Å². The number of urea groups is 1. The fourth-order valence-electron chi connectivity index (χ4n) is 0.977. The number of nitrogen functional groups attached to an aromatic ring is 1. The average Bonchev–Trinajstić information content (AvgIpc) is 2.20. The van der Waals surface area contributed by atoms with Crippen molar-refractivity contribution in [2.75, 3.05) is 17.6 Å². The Morgan fingerprint density at radius 2 is 2.06 bits per heavy atom. The molecule has 2 amide bonds. The minimum Gasteiger partial charge on any atom is -0.397 e. The highest BCUT2D eigenvalue weighted by Crippen LogP contribution is 2.22. The van der Waals surface area contributed by atoms with Crippen LogP contribution in [0.2, 0.25) is 5.02 Å². The van der Waals surface area contributed by atoms with Gasteiger partial charge < -0.3 is 16.4 Å². The van der Waals surface area contributed by atoms with E-state index in [2.05, 4.69) is 5.32 Å². The maximum Gasteiger partial charge on any atom is 0.405 e. The molecule has 0 saturated heterocycles. The van der Waals surface area contributed by atoms with Crippen molar-refractivity contribution in [3.05, 3.63) is 23.2 Å². The van der Waals surface area contributed by atoms with Gasteiger partial charge >= 0.3 is 12.2 Å². The Morgan fingerprint density at radius 1 is 1.41 bits per heavy atom. The third kappa shape index (κ3) is 4.81. The van der Waals surface area contributed by atoms with Gasteiger partial charge in [0.05, 0.1) is 10.7 Å². The highest BCUT2D eigenvalue weighted by atomic mass is 35.5. The van der Waals surface area contributed by atoms with E-state index in [-0.39, 0.29) is 11.4 Å². The van der Waals surface area contributed by atoms with Gasteiger partial charge in [-0.2, -0.15) is 13.2 Å². The molecule has 1 rings (SSSR count). The number of nitrogens with two attached hydrogens (primary N) is 1. The summed E-state index contributed by atoms with van der Waals surface area (Å²) >= 11 is 5.64. The number of halogens is 4. The quantitative estimate of drug-likeness (QED) is 0.721. The van der Waals surface area contributed by atoms with Crippen LogP contribution in [0, 0.1) is 0 Å². The normalized spacial score (nSPS) is 11.1. The molecular weight excluding hydrogens is 259 g/mol. The van der Waals surface area contributed by atoms with E-state index < -0.39 is 18.8 Å². The molecule has 1 aromatic rings. The minimum atomic E-state index is -4.45. The van der Waals surface area contributed by atoms with Crippen LogP contribution in [-0.4, -0.2) is 18.8 Å². The van der Waals surface area contributed by atoms with Crippen LogP contribution in [0.3, 0.4) is 0 Å². The predicted molar refractivity (Wildman–Crippen MR) is 58.9 cm³/mol. The van der Waals surface area contributed by atoms with Gasteiger partial charge in [-0.25, -0.2) is 4.79 Å². The van der Waals surface area contributed by atoms with Crippen molar-refractivity contribution in [2.45, 2.75) is 6.18 Å². The molecule has 0 aliphatic heterocycles. The van der Waals surface area contributed by atoms with Gasteiger partial charge in [0.25, 0.3) is 0 Å². The van der Waals surface area contributed by atoms with Crippen LogP contribution in [0.1, 0.15) is 0 Å². The summed E-state index contributed by atoms with van der Waals surface area (Å²) in [6, 6.07) is 3.22. The fourth-order valence-corrected chi connectivity index (χ4v) is 1.09. The first kappa shape index (κ1) is 13.4. The van der Waals surface area contributed by atoms with E-state index in [9.17, 15) is 18.0 Å². The van der Waals surface area contributed by atoms with E-state index in [1.54, 1.807) is 5.32 Å². The van der Waals surface area contributed by atoms with Crippen LogP contribution in [0.25, 0.3) is 0 Å². The number of hydrogen-bond donors (Lipinski definition) is 3. The average molecular weight is 268 g/mol. The number of amides is 2. The van der Waals surface area contributed by atoms with Crippen LogP contribution in [-0.2, 0) is 0 Å². The van der Waals surface area contributed by atoms with Gasteiger partial charge in [-0.3, -0.25) is 0 Å². The molecule has 0 bridgehead atoms. The molecule has 0 spiro atoms. The van der Waals surface area contributed by atoms with Gasteiger partial charge in [0.15, 0.2) is 0 Å². The zero-order chi connectivity index (χ0) is 13.1. The molecule has 0 aliphatic rings. The fraction of sp³-hybridized carbons (Fsp3) is 0.222. The van der Waals surface area contributed by atoms with Crippen molar-refractivity contribution >= 4 is 29.0 Å². The monoisotopic (exact) mass is 267 g/mol.